The van der Waals surface area contributed by atoms with Crippen molar-refractivity contribution in [3.63, 3.8) is 0 Å². The van der Waals surface area contributed by atoms with Crippen molar-refractivity contribution >= 4 is 34.7 Å². The number of anilines is 2. The minimum Gasteiger partial charge on any atom is -0.461 e. The number of halogens is 1. The van der Waals surface area contributed by atoms with Gasteiger partial charge in [0.2, 0.25) is 23.5 Å². The lowest BCUT2D eigenvalue weighted by molar-refractivity contribution is 0.0342. The fraction of sp³-hybridized carbons (Fsp3) is 0.600. The molecule has 0 amide bonds. The van der Waals surface area contributed by atoms with Gasteiger partial charge >= 0.3 is 6.01 Å². The molecule has 0 unspecified atom stereocenters. The highest BCUT2D eigenvalue weighted by Gasteiger charge is 2.49. The van der Waals surface area contributed by atoms with Crippen molar-refractivity contribution in [2.75, 3.05) is 50.0 Å². The summed E-state index contributed by atoms with van der Waals surface area (Å²) in [5.74, 6) is 1.10. The van der Waals surface area contributed by atoms with Crippen LogP contribution in [0.1, 0.15) is 60.9 Å². The van der Waals surface area contributed by atoms with Gasteiger partial charge in [0.25, 0.3) is 0 Å². The Balaban J connectivity index is 1.13. The van der Waals surface area contributed by atoms with Crippen LogP contribution in [0.4, 0.5) is 15.3 Å². The van der Waals surface area contributed by atoms with Crippen molar-refractivity contribution < 1.29 is 18.4 Å². The second-order valence-electron chi connectivity index (χ2n) is 12.9. The van der Waals surface area contributed by atoms with Crippen LogP contribution in [0.2, 0.25) is 0 Å². The van der Waals surface area contributed by atoms with E-state index in [1.54, 1.807) is 12.4 Å². The molecule has 4 atom stereocenters. The van der Waals surface area contributed by atoms with E-state index in [4.69, 9.17) is 34.7 Å². The third-order valence-electron chi connectivity index (χ3n) is 10.0. The number of alkyl halides is 1. The SMILES string of the molecule is C[C@]1(c2nc(-c3nc(OC[C@@]45CCCN4C[C@H](F)C5)nc(N4CCO[C@H](C5C=NN=C5)C4)n3)no2)CCCc2sc(N)c(C#N)c21. The minimum absolute atomic E-state index is 0.0476. The summed E-state index contributed by atoms with van der Waals surface area (Å²) in [5.41, 5.74) is 6.51. The number of nitrogen functional groups attached to an aromatic ring is 1. The summed E-state index contributed by atoms with van der Waals surface area (Å²) >= 11 is 1.45. The molecule has 7 heterocycles. The van der Waals surface area contributed by atoms with Crippen molar-refractivity contribution in [3.8, 4) is 23.7 Å². The van der Waals surface area contributed by atoms with Crippen LogP contribution in [-0.2, 0) is 16.6 Å². The highest BCUT2D eigenvalue weighted by atomic mass is 32.1. The van der Waals surface area contributed by atoms with Crippen LogP contribution in [0.15, 0.2) is 14.7 Å². The number of thiophene rings is 1. The Morgan fingerprint density at radius 1 is 1.13 bits per heavy atom. The molecule has 0 saturated carbocycles. The van der Waals surface area contributed by atoms with Crippen molar-refractivity contribution in [2.45, 2.75) is 68.7 Å². The van der Waals surface area contributed by atoms with Crippen LogP contribution in [-0.4, -0.2) is 99.6 Å². The number of fused-ring (bicyclic) bond motifs is 2. The minimum atomic E-state index is -0.874. The number of hydrogen-bond acceptors (Lipinski definition) is 15. The summed E-state index contributed by atoms with van der Waals surface area (Å²) in [7, 11) is 0. The number of ether oxygens (including phenoxy) is 2. The maximum Gasteiger partial charge on any atom is 0.321 e. The van der Waals surface area contributed by atoms with E-state index in [-0.39, 0.29) is 41.8 Å². The third-order valence-corrected chi connectivity index (χ3v) is 11.1. The van der Waals surface area contributed by atoms with Crippen LogP contribution in [0.3, 0.4) is 0 Å². The predicted molar refractivity (Wildman–Crippen MR) is 167 cm³/mol. The third kappa shape index (κ3) is 4.92. The summed E-state index contributed by atoms with van der Waals surface area (Å²) in [6.45, 7) is 5.09. The number of hydrogen-bond donors (Lipinski definition) is 1. The summed E-state index contributed by atoms with van der Waals surface area (Å²) < 4.78 is 32.7. The summed E-state index contributed by atoms with van der Waals surface area (Å²) in [5, 5.41) is 22.7. The van der Waals surface area contributed by atoms with Gasteiger partial charge in [0.1, 0.15) is 23.8 Å². The molecule has 5 aliphatic rings. The number of rotatable bonds is 7. The van der Waals surface area contributed by atoms with E-state index in [0.29, 0.717) is 55.1 Å². The Bertz CT molecular complexity index is 1740. The first-order valence-corrected chi connectivity index (χ1v) is 16.5. The molecule has 3 saturated heterocycles. The zero-order chi connectivity index (χ0) is 31.5. The maximum atomic E-state index is 14.5. The van der Waals surface area contributed by atoms with Gasteiger partial charge in [-0.05, 0) is 45.6 Å². The molecule has 1 aliphatic carbocycles. The first-order valence-electron chi connectivity index (χ1n) is 15.7. The number of nitrogens with zero attached hydrogens (tertiary/aromatic N) is 10. The molecule has 3 aromatic rings. The van der Waals surface area contributed by atoms with Crippen LogP contribution >= 0.6 is 11.3 Å². The lowest BCUT2D eigenvalue weighted by Crippen LogP contribution is -2.47. The van der Waals surface area contributed by atoms with Crippen molar-refractivity contribution in [3.05, 3.63) is 21.9 Å². The molecule has 3 fully saturated rings. The standard InChI is InChI=1S/C30H34FN11O3S/c1-29(5-2-4-21-22(29)19(11-32)23(33)46-21)26-36-25(40-45-26)24-37-27(41-8-9-43-20(15-41)17-12-34-35-13-17)39-28(38-24)44-16-30-6-3-7-42(30)14-18(31)10-30/h12-13,17-18,20H,2-10,14-16,33H2,1H3/t18-,20+,29+,30+/m1/s1. The van der Waals surface area contributed by atoms with Crippen LogP contribution < -0.4 is 15.4 Å². The molecule has 0 bridgehead atoms. The molecule has 0 radical (unpaired) electrons. The van der Waals surface area contributed by atoms with E-state index in [2.05, 4.69) is 31.3 Å². The van der Waals surface area contributed by atoms with Gasteiger partial charge in [0, 0.05) is 48.9 Å². The van der Waals surface area contributed by atoms with Crippen molar-refractivity contribution in [2.24, 2.45) is 16.1 Å². The smallest absolute Gasteiger partial charge is 0.321 e. The average Bonchev–Trinajstić information content (AvgIpc) is 3.89. The maximum absolute atomic E-state index is 14.5. The lowest BCUT2D eigenvalue weighted by atomic mass is 9.72. The normalized spacial score (nSPS) is 29.3. The van der Waals surface area contributed by atoms with Gasteiger partial charge in [-0.15, -0.1) is 11.3 Å². The molecule has 2 N–H and O–H groups in total. The Hall–Kier alpha value is -4.07. The Labute approximate surface area is 268 Å². The zero-order valence-corrected chi connectivity index (χ0v) is 26.2. The second kappa shape index (κ2) is 11.3. The van der Waals surface area contributed by atoms with Gasteiger partial charge in [-0.3, -0.25) is 4.90 Å². The summed E-state index contributed by atoms with van der Waals surface area (Å²) in [6, 6.07) is 2.40. The first kappa shape index (κ1) is 29.3. The Morgan fingerprint density at radius 3 is 2.85 bits per heavy atom. The van der Waals surface area contributed by atoms with Gasteiger partial charge < -0.3 is 24.6 Å². The first-order chi connectivity index (χ1) is 22.3. The number of morpholine rings is 1. The van der Waals surface area contributed by atoms with Gasteiger partial charge in [0.15, 0.2) is 0 Å². The van der Waals surface area contributed by atoms with Crippen molar-refractivity contribution in [1.29, 1.82) is 5.26 Å². The van der Waals surface area contributed by atoms with Gasteiger partial charge in [-0.1, -0.05) is 5.16 Å². The fourth-order valence-electron chi connectivity index (χ4n) is 7.70. The molecule has 4 aliphatic heterocycles. The molecular formula is C30H34FN11O3S. The van der Waals surface area contributed by atoms with E-state index in [9.17, 15) is 9.65 Å². The number of nitriles is 1. The number of nitrogens with two attached hydrogens (primary N) is 1. The highest BCUT2D eigenvalue weighted by molar-refractivity contribution is 7.16. The summed E-state index contributed by atoms with van der Waals surface area (Å²) in [4.78, 5) is 24.2. The Kier molecular flexibility index (Phi) is 7.22. The van der Waals surface area contributed by atoms with Gasteiger partial charge in [-0.2, -0.15) is 35.4 Å². The molecule has 240 valence electrons. The average molecular weight is 648 g/mol. The predicted octanol–water partition coefficient (Wildman–Crippen LogP) is 2.93. The number of aromatic nitrogens is 5. The summed E-state index contributed by atoms with van der Waals surface area (Å²) in [6.07, 6.45) is 7.25. The molecular weight excluding hydrogens is 613 g/mol. The molecule has 0 spiro atoms. The monoisotopic (exact) mass is 647 g/mol. The van der Waals surface area contributed by atoms with Gasteiger partial charge in [-0.25, -0.2) is 4.39 Å². The zero-order valence-electron chi connectivity index (χ0n) is 25.4. The molecule has 16 heteroatoms. The van der Waals surface area contributed by atoms with Crippen LogP contribution in [0.25, 0.3) is 11.6 Å². The molecule has 8 rings (SSSR count). The quantitative estimate of drug-likeness (QED) is 0.397. The van der Waals surface area contributed by atoms with Gasteiger partial charge in [0.05, 0.1) is 35.1 Å². The van der Waals surface area contributed by atoms with E-state index in [1.165, 1.54) is 11.3 Å². The van der Waals surface area contributed by atoms with Crippen molar-refractivity contribution in [1.82, 2.24) is 30.0 Å². The highest BCUT2D eigenvalue weighted by Crippen LogP contribution is 2.48. The Morgan fingerprint density at radius 2 is 2.00 bits per heavy atom. The molecule has 3 aromatic heterocycles. The topological polar surface area (TPSA) is 177 Å². The molecule has 46 heavy (non-hydrogen) atoms. The van der Waals surface area contributed by atoms with E-state index in [1.807, 2.05) is 11.8 Å². The van der Waals surface area contributed by atoms with E-state index >= 15 is 0 Å². The molecule has 0 aromatic carbocycles. The molecule has 14 nitrogen and oxygen atoms in total. The van der Waals surface area contributed by atoms with Crippen LogP contribution in [0, 0.1) is 17.2 Å². The lowest BCUT2D eigenvalue weighted by Gasteiger charge is -2.34. The largest absolute Gasteiger partial charge is 0.461 e. The second-order valence-corrected chi connectivity index (χ2v) is 14.1. The van der Waals surface area contributed by atoms with Crippen LogP contribution in [0.5, 0.6) is 6.01 Å². The van der Waals surface area contributed by atoms with E-state index in [0.717, 1.165) is 49.1 Å². The van der Waals surface area contributed by atoms with E-state index < -0.39 is 11.6 Å². The fourth-order valence-corrected chi connectivity index (χ4v) is 8.89. The number of aryl methyl sites for hydroxylation is 1.